The molecule has 0 unspecified atom stereocenters. The summed E-state index contributed by atoms with van der Waals surface area (Å²) in [6, 6.07) is 2.77. The van der Waals surface area contributed by atoms with Crippen molar-refractivity contribution in [2.24, 2.45) is 0 Å². The second-order valence-electron chi connectivity index (χ2n) is 3.18. The normalized spacial score (nSPS) is 10.1. The van der Waals surface area contributed by atoms with Crippen molar-refractivity contribution >= 4 is 0 Å². The van der Waals surface area contributed by atoms with Gasteiger partial charge in [0.1, 0.15) is 11.5 Å². The molecule has 0 aliphatic carbocycles. The summed E-state index contributed by atoms with van der Waals surface area (Å²) in [7, 11) is 0. The maximum Gasteiger partial charge on any atom is 0.240 e. The molecule has 0 aliphatic rings. The first-order valence-electron chi connectivity index (χ1n) is 4.88. The highest BCUT2D eigenvalue weighted by Gasteiger charge is 2.09. The molecule has 86 valence electrons. The van der Waals surface area contributed by atoms with Crippen LogP contribution in [0.15, 0.2) is 22.9 Å². The Hall–Kier alpha value is -2.26. The number of terminal acetylenes is 1. The summed E-state index contributed by atoms with van der Waals surface area (Å²) in [5, 5.41) is 6.64. The third-order valence-electron chi connectivity index (χ3n) is 1.93. The number of nitrogens with one attached hydrogen (secondary N) is 1. The molecule has 0 saturated heterocycles. The number of nitrogens with zero attached hydrogens (tertiary/aromatic N) is 3. The van der Waals surface area contributed by atoms with Crippen LogP contribution in [0.2, 0.25) is 0 Å². The fourth-order valence-corrected chi connectivity index (χ4v) is 1.18. The Bertz CT molecular complexity index is 529. The Morgan fingerprint density at radius 1 is 1.47 bits per heavy atom. The number of aromatic nitrogens is 3. The highest BCUT2D eigenvalue weighted by atomic mass is 19.1. The number of hydrogen-bond donors (Lipinski definition) is 1. The zero-order valence-corrected chi connectivity index (χ0v) is 8.85. The standard InChI is InChI=1S/C11H9FN4O/c1-2-5-13-7-10-15-11(16-17-10)9-4-3-8(12)6-14-9/h1,3-4,6,13H,5,7H2. The minimum absolute atomic E-state index is 0.322. The van der Waals surface area contributed by atoms with Crippen molar-refractivity contribution < 1.29 is 8.91 Å². The highest BCUT2D eigenvalue weighted by molar-refractivity contribution is 5.47. The largest absolute Gasteiger partial charge is 0.337 e. The molecule has 2 rings (SSSR count). The van der Waals surface area contributed by atoms with Gasteiger partial charge in [0, 0.05) is 0 Å². The number of hydrogen-bond acceptors (Lipinski definition) is 5. The Labute approximate surface area is 97.1 Å². The molecular weight excluding hydrogens is 223 g/mol. The topological polar surface area (TPSA) is 63.8 Å². The van der Waals surface area contributed by atoms with Gasteiger partial charge in [0.25, 0.3) is 0 Å². The van der Waals surface area contributed by atoms with E-state index >= 15 is 0 Å². The second kappa shape index (κ2) is 5.18. The van der Waals surface area contributed by atoms with Gasteiger partial charge in [0.15, 0.2) is 0 Å². The van der Waals surface area contributed by atoms with E-state index in [1.54, 1.807) is 0 Å². The van der Waals surface area contributed by atoms with Gasteiger partial charge in [-0.1, -0.05) is 11.1 Å². The van der Waals surface area contributed by atoms with Gasteiger partial charge in [-0.15, -0.1) is 6.42 Å². The van der Waals surface area contributed by atoms with E-state index in [9.17, 15) is 4.39 Å². The number of rotatable bonds is 4. The Morgan fingerprint density at radius 3 is 3.06 bits per heavy atom. The predicted octanol–water partition coefficient (Wildman–Crippen LogP) is 0.994. The predicted molar refractivity (Wildman–Crippen MR) is 58.0 cm³/mol. The molecule has 0 bridgehead atoms. The van der Waals surface area contributed by atoms with E-state index in [-0.39, 0.29) is 0 Å². The highest BCUT2D eigenvalue weighted by Crippen LogP contribution is 2.12. The van der Waals surface area contributed by atoms with Gasteiger partial charge < -0.3 is 4.52 Å². The molecule has 2 heterocycles. The van der Waals surface area contributed by atoms with Crippen LogP contribution in [0.5, 0.6) is 0 Å². The third kappa shape index (κ3) is 2.86. The van der Waals surface area contributed by atoms with Crippen LogP contribution in [-0.2, 0) is 6.54 Å². The van der Waals surface area contributed by atoms with Crippen molar-refractivity contribution in [3.05, 3.63) is 30.0 Å². The SMILES string of the molecule is C#CCNCc1nc(-c2ccc(F)cn2)no1. The lowest BCUT2D eigenvalue weighted by Gasteiger charge is -1.93. The monoisotopic (exact) mass is 232 g/mol. The second-order valence-corrected chi connectivity index (χ2v) is 3.18. The van der Waals surface area contributed by atoms with Gasteiger partial charge in [-0.05, 0) is 12.1 Å². The summed E-state index contributed by atoms with van der Waals surface area (Å²) in [6.07, 6.45) is 6.18. The first-order valence-corrected chi connectivity index (χ1v) is 4.88. The average Bonchev–Trinajstić information content (AvgIpc) is 2.79. The summed E-state index contributed by atoms with van der Waals surface area (Å²) in [6.45, 7) is 0.810. The van der Waals surface area contributed by atoms with Crippen molar-refractivity contribution in [1.29, 1.82) is 0 Å². The van der Waals surface area contributed by atoms with Gasteiger partial charge >= 0.3 is 0 Å². The Kier molecular flexibility index (Phi) is 3.43. The quantitative estimate of drug-likeness (QED) is 0.629. The van der Waals surface area contributed by atoms with E-state index in [4.69, 9.17) is 10.9 Å². The van der Waals surface area contributed by atoms with E-state index in [0.29, 0.717) is 30.5 Å². The molecule has 5 nitrogen and oxygen atoms in total. The molecule has 0 saturated carbocycles. The van der Waals surface area contributed by atoms with Crippen molar-refractivity contribution in [2.45, 2.75) is 6.54 Å². The van der Waals surface area contributed by atoms with Crippen LogP contribution in [0, 0.1) is 18.2 Å². The van der Waals surface area contributed by atoms with Gasteiger partial charge in [0.05, 0.1) is 19.3 Å². The number of pyridine rings is 1. The molecule has 0 aromatic carbocycles. The van der Waals surface area contributed by atoms with Crippen LogP contribution >= 0.6 is 0 Å². The van der Waals surface area contributed by atoms with Crippen LogP contribution < -0.4 is 5.32 Å². The van der Waals surface area contributed by atoms with Crippen molar-refractivity contribution in [1.82, 2.24) is 20.4 Å². The fraction of sp³-hybridized carbons (Fsp3) is 0.182. The van der Waals surface area contributed by atoms with E-state index < -0.39 is 5.82 Å². The van der Waals surface area contributed by atoms with Gasteiger partial charge in [-0.2, -0.15) is 4.98 Å². The van der Waals surface area contributed by atoms with Gasteiger partial charge in [-0.25, -0.2) is 9.37 Å². The molecule has 2 aromatic rings. The molecule has 0 radical (unpaired) electrons. The lowest BCUT2D eigenvalue weighted by Crippen LogP contribution is -2.13. The van der Waals surface area contributed by atoms with Crippen molar-refractivity contribution in [2.75, 3.05) is 6.54 Å². The maximum atomic E-state index is 12.7. The molecule has 0 amide bonds. The third-order valence-corrected chi connectivity index (χ3v) is 1.93. The lowest BCUT2D eigenvalue weighted by atomic mass is 10.3. The first kappa shape index (κ1) is 11.2. The number of halogens is 1. The van der Waals surface area contributed by atoms with Gasteiger partial charge in [0.2, 0.25) is 11.7 Å². The molecule has 0 spiro atoms. The van der Waals surface area contributed by atoms with E-state index in [2.05, 4.69) is 26.4 Å². The van der Waals surface area contributed by atoms with Crippen LogP contribution in [0.4, 0.5) is 4.39 Å². The molecule has 6 heteroatoms. The van der Waals surface area contributed by atoms with Crippen molar-refractivity contribution in [3.63, 3.8) is 0 Å². The average molecular weight is 232 g/mol. The molecular formula is C11H9FN4O. The molecule has 2 aromatic heterocycles. The summed E-state index contributed by atoms with van der Waals surface area (Å²) in [5.74, 6) is 2.74. The van der Waals surface area contributed by atoms with Crippen LogP contribution in [0.3, 0.4) is 0 Å². The minimum atomic E-state index is -0.409. The summed E-state index contributed by atoms with van der Waals surface area (Å²) < 4.78 is 17.6. The zero-order valence-electron chi connectivity index (χ0n) is 8.85. The fourth-order valence-electron chi connectivity index (χ4n) is 1.18. The van der Waals surface area contributed by atoms with Gasteiger partial charge in [-0.3, -0.25) is 5.32 Å². The van der Waals surface area contributed by atoms with E-state index in [1.165, 1.54) is 12.1 Å². The smallest absolute Gasteiger partial charge is 0.240 e. The molecule has 17 heavy (non-hydrogen) atoms. The van der Waals surface area contributed by atoms with Crippen LogP contribution in [-0.4, -0.2) is 21.7 Å². The Morgan fingerprint density at radius 2 is 2.35 bits per heavy atom. The summed E-state index contributed by atoms with van der Waals surface area (Å²) in [5.41, 5.74) is 0.457. The first-order chi connectivity index (χ1) is 8.29. The summed E-state index contributed by atoms with van der Waals surface area (Å²) >= 11 is 0. The summed E-state index contributed by atoms with van der Waals surface area (Å²) in [4.78, 5) is 7.93. The van der Waals surface area contributed by atoms with E-state index in [0.717, 1.165) is 6.20 Å². The lowest BCUT2D eigenvalue weighted by molar-refractivity contribution is 0.370. The molecule has 0 atom stereocenters. The molecule has 0 fully saturated rings. The minimum Gasteiger partial charge on any atom is -0.337 e. The van der Waals surface area contributed by atoms with Crippen LogP contribution in [0.1, 0.15) is 5.89 Å². The molecule has 0 aliphatic heterocycles. The zero-order chi connectivity index (χ0) is 12.1. The Balaban J connectivity index is 2.08. The van der Waals surface area contributed by atoms with Crippen molar-refractivity contribution in [3.8, 4) is 23.9 Å². The molecule has 1 N–H and O–H groups in total. The van der Waals surface area contributed by atoms with E-state index in [1.807, 2.05) is 0 Å². The maximum absolute atomic E-state index is 12.7. The van der Waals surface area contributed by atoms with Crippen LogP contribution in [0.25, 0.3) is 11.5 Å².